The van der Waals surface area contributed by atoms with Crippen LogP contribution in [0.4, 0.5) is 0 Å². The summed E-state index contributed by atoms with van der Waals surface area (Å²) in [6.45, 7) is 3.66. The molecule has 0 bridgehead atoms. The first-order valence-corrected chi connectivity index (χ1v) is 3.65. The smallest absolute Gasteiger partial charge is 0.225 e. The molecule has 0 radical (unpaired) electrons. The Morgan fingerprint density at radius 1 is 1.80 bits per heavy atom. The Morgan fingerprint density at radius 3 is 2.60 bits per heavy atom. The average molecular weight is 143 g/mol. The summed E-state index contributed by atoms with van der Waals surface area (Å²) in [5.74, 6) is 0.119. The third-order valence-electron chi connectivity index (χ3n) is 2.04. The Morgan fingerprint density at radius 2 is 2.40 bits per heavy atom. The quantitative estimate of drug-likeness (QED) is 0.530. The summed E-state index contributed by atoms with van der Waals surface area (Å²) in [7, 11) is 0. The van der Waals surface area contributed by atoms with Crippen LogP contribution in [0.5, 0.6) is 0 Å². The number of rotatable bonds is 2. The summed E-state index contributed by atoms with van der Waals surface area (Å²) < 4.78 is 0. The predicted octanol–water partition coefficient (Wildman–Crippen LogP) is -0.108. The van der Waals surface area contributed by atoms with E-state index in [1.165, 1.54) is 0 Å². The fourth-order valence-electron chi connectivity index (χ4n) is 1.33. The maximum Gasteiger partial charge on any atom is 0.225 e. The lowest BCUT2D eigenvalue weighted by molar-refractivity contribution is -0.138. The molecule has 2 N–H and O–H groups in total. The van der Waals surface area contributed by atoms with Crippen LogP contribution in [0, 0.1) is 5.92 Å². The first-order valence-electron chi connectivity index (χ1n) is 3.65. The van der Waals surface area contributed by atoms with Crippen LogP contribution in [0.2, 0.25) is 0 Å². The first-order chi connectivity index (χ1) is 4.66. The highest BCUT2D eigenvalue weighted by molar-refractivity contribution is 5.85. The SMILES string of the molecule is CCC1C(=O)NC1C(C)O. The zero-order valence-corrected chi connectivity index (χ0v) is 6.29. The lowest BCUT2D eigenvalue weighted by Crippen LogP contribution is -2.62. The van der Waals surface area contributed by atoms with E-state index in [0.717, 1.165) is 6.42 Å². The van der Waals surface area contributed by atoms with E-state index in [1.807, 2.05) is 6.92 Å². The number of nitrogens with one attached hydrogen (secondary N) is 1. The summed E-state index contributed by atoms with van der Waals surface area (Å²) >= 11 is 0. The molecule has 1 amide bonds. The second kappa shape index (κ2) is 2.58. The Bertz CT molecular complexity index is 145. The van der Waals surface area contributed by atoms with Gasteiger partial charge < -0.3 is 10.4 Å². The van der Waals surface area contributed by atoms with E-state index in [9.17, 15) is 4.79 Å². The molecular weight excluding hydrogens is 130 g/mol. The molecule has 0 spiro atoms. The second-order valence-electron chi connectivity index (χ2n) is 2.79. The zero-order chi connectivity index (χ0) is 7.72. The van der Waals surface area contributed by atoms with Gasteiger partial charge in [0.25, 0.3) is 0 Å². The molecule has 1 saturated heterocycles. The van der Waals surface area contributed by atoms with Crippen molar-refractivity contribution in [2.45, 2.75) is 32.4 Å². The van der Waals surface area contributed by atoms with Crippen molar-refractivity contribution >= 4 is 5.91 Å². The monoisotopic (exact) mass is 143 g/mol. The van der Waals surface area contributed by atoms with Gasteiger partial charge in [0.15, 0.2) is 0 Å². The van der Waals surface area contributed by atoms with Crippen LogP contribution in [-0.2, 0) is 4.79 Å². The van der Waals surface area contributed by atoms with Gasteiger partial charge in [-0.15, -0.1) is 0 Å². The Labute approximate surface area is 60.4 Å². The van der Waals surface area contributed by atoms with E-state index < -0.39 is 6.10 Å². The number of amides is 1. The van der Waals surface area contributed by atoms with E-state index in [2.05, 4.69) is 5.32 Å². The maximum absolute atomic E-state index is 10.8. The van der Waals surface area contributed by atoms with Crippen LogP contribution in [0.15, 0.2) is 0 Å². The summed E-state index contributed by atoms with van der Waals surface area (Å²) in [5.41, 5.74) is 0. The molecule has 1 heterocycles. The minimum absolute atomic E-state index is 0.00231. The molecule has 0 aliphatic carbocycles. The topological polar surface area (TPSA) is 49.3 Å². The summed E-state index contributed by atoms with van der Waals surface area (Å²) in [6, 6.07) is -0.00231. The molecule has 3 nitrogen and oxygen atoms in total. The second-order valence-corrected chi connectivity index (χ2v) is 2.79. The minimum atomic E-state index is -0.414. The van der Waals surface area contributed by atoms with Crippen LogP contribution in [0.1, 0.15) is 20.3 Å². The Balaban J connectivity index is 2.45. The van der Waals surface area contributed by atoms with Crippen molar-refractivity contribution in [3.05, 3.63) is 0 Å². The number of aliphatic hydroxyl groups excluding tert-OH is 1. The molecule has 0 aromatic rings. The van der Waals surface area contributed by atoms with Gasteiger partial charge in [-0.05, 0) is 13.3 Å². The molecule has 10 heavy (non-hydrogen) atoms. The lowest BCUT2D eigenvalue weighted by atomic mass is 9.85. The maximum atomic E-state index is 10.8. The van der Waals surface area contributed by atoms with Crippen molar-refractivity contribution in [3.8, 4) is 0 Å². The number of hydrogen-bond donors (Lipinski definition) is 2. The third-order valence-corrected chi connectivity index (χ3v) is 2.04. The fourth-order valence-corrected chi connectivity index (χ4v) is 1.33. The number of β-lactam (4-membered cyclic amide) rings is 1. The number of carbonyl (C=O) groups excluding carboxylic acids is 1. The van der Waals surface area contributed by atoms with Crippen molar-refractivity contribution in [1.29, 1.82) is 0 Å². The van der Waals surface area contributed by atoms with Crippen LogP contribution in [0.25, 0.3) is 0 Å². The van der Waals surface area contributed by atoms with Gasteiger partial charge in [-0.1, -0.05) is 6.92 Å². The van der Waals surface area contributed by atoms with E-state index in [0.29, 0.717) is 0 Å². The van der Waals surface area contributed by atoms with Gasteiger partial charge in [-0.2, -0.15) is 0 Å². The largest absolute Gasteiger partial charge is 0.391 e. The first kappa shape index (κ1) is 7.54. The van der Waals surface area contributed by atoms with Crippen LogP contribution < -0.4 is 5.32 Å². The zero-order valence-electron chi connectivity index (χ0n) is 6.29. The van der Waals surface area contributed by atoms with E-state index in [4.69, 9.17) is 5.11 Å². The fraction of sp³-hybridized carbons (Fsp3) is 0.857. The molecule has 3 unspecified atom stereocenters. The van der Waals surface area contributed by atoms with Gasteiger partial charge in [0, 0.05) is 0 Å². The Hall–Kier alpha value is -0.570. The number of hydrogen-bond acceptors (Lipinski definition) is 2. The van der Waals surface area contributed by atoms with Crippen molar-refractivity contribution in [2.24, 2.45) is 5.92 Å². The molecule has 3 heteroatoms. The molecule has 0 saturated carbocycles. The molecule has 3 atom stereocenters. The molecule has 1 fully saturated rings. The highest BCUT2D eigenvalue weighted by atomic mass is 16.3. The van der Waals surface area contributed by atoms with Gasteiger partial charge in [0.2, 0.25) is 5.91 Å². The average Bonchev–Trinajstić information content (AvgIpc) is 1.83. The van der Waals surface area contributed by atoms with Gasteiger partial charge in [-0.3, -0.25) is 4.79 Å². The van der Waals surface area contributed by atoms with Crippen molar-refractivity contribution in [3.63, 3.8) is 0 Å². The molecular formula is C7H13NO2. The molecule has 0 aromatic heterocycles. The molecule has 1 aliphatic rings. The highest BCUT2D eigenvalue weighted by Gasteiger charge is 2.40. The van der Waals surface area contributed by atoms with E-state index >= 15 is 0 Å². The standard InChI is InChI=1S/C7H13NO2/c1-3-5-6(4(2)9)8-7(5)10/h4-6,9H,3H2,1-2H3,(H,8,10). The molecule has 1 rings (SSSR count). The van der Waals surface area contributed by atoms with Crippen molar-refractivity contribution in [1.82, 2.24) is 5.32 Å². The van der Waals surface area contributed by atoms with Gasteiger partial charge in [-0.25, -0.2) is 0 Å². The summed E-state index contributed by atoms with van der Waals surface area (Å²) in [4.78, 5) is 10.8. The van der Waals surface area contributed by atoms with Crippen LogP contribution >= 0.6 is 0 Å². The lowest BCUT2D eigenvalue weighted by Gasteiger charge is -2.38. The molecule has 58 valence electrons. The van der Waals surface area contributed by atoms with Crippen LogP contribution in [-0.4, -0.2) is 23.2 Å². The van der Waals surface area contributed by atoms with Crippen molar-refractivity contribution in [2.75, 3.05) is 0 Å². The highest BCUT2D eigenvalue weighted by Crippen LogP contribution is 2.20. The summed E-state index contributed by atoms with van der Waals surface area (Å²) in [6.07, 6.45) is 0.407. The van der Waals surface area contributed by atoms with Crippen LogP contribution in [0.3, 0.4) is 0 Å². The molecule has 0 aromatic carbocycles. The van der Waals surface area contributed by atoms with Gasteiger partial charge >= 0.3 is 0 Å². The van der Waals surface area contributed by atoms with Gasteiger partial charge in [0.1, 0.15) is 0 Å². The van der Waals surface area contributed by atoms with Crippen molar-refractivity contribution < 1.29 is 9.90 Å². The molecule has 1 aliphatic heterocycles. The number of carbonyl (C=O) groups is 1. The normalized spacial score (nSPS) is 34.5. The minimum Gasteiger partial charge on any atom is -0.391 e. The summed E-state index contributed by atoms with van der Waals surface area (Å²) in [5, 5.41) is 11.7. The van der Waals surface area contributed by atoms with E-state index in [-0.39, 0.29) is 17.9 Å². The van der Waals surface area contributed by atoms with Gasteiger partial charge in [0.05, 0.1) is 18.1 Å². The number of aliphatic hydroxyl groups is 1. The predicted molar refractivity (Wildman–Crippen MR) is 37.4 cm³/mol. The Kier molecular flexibility index (Phi) is 1.94. The third kappa shape index (κ3) is 1.01. The van der Waals surface area contributed by atoms with E-state index in [1.54, 1.807) is 6.92 Å².